The quantitative estimate of drug-likeness (QED) is 0.650. The van der Waals surface area contributed by atoms with Crippen LogP contribution in [0, 0.1) is 0 Å². The summed E-state index contributed by atoms with van der Waals surface area (Å²) in [7, 11) is 0. The number of urea groups is 1. The Balaban J connectivity index is 1.78. The Morgan fingerprint density at radius 1 is 1.08 bits per heavy atom. The molecule has 0 spiro atoms. The van der Waals surface area contributed by atoms with Crippen LogP contribution < -0.4 is 15.4 Å². The highest BCUT2D eigenvalue weighted by Gasteiger charge is 2.11. The van der Waals surface area contributed by atoms with Gasteiger partial charge >= 0.3 is 6.03 Å². The first-order valence-electron chi connectivity index (χ1n) is 8.66. The molecule has 1 unspecified atom stereocenters. The van der Waals surface area contributed by atoms with E-state index in [0.717, 1.165) is 17.9 Å². The number of rotatable bonds is 9. The molecule has 0 bridgehead atoms. The molecule has 0 aromatic heterocycles. The lowest BCUT2D eigenvalue weighted by Gasteiger charge is -2.17. The van der Waals surface area contributed by atoms with E-state index in [-0.39, 0.29) is 18.6 Å². The standard InChI is InChI=1S/C20H26N2O3/c1-2-25-19-10-8-18(9-11-19)22-20(24)21-14-12-17(13-15-23)16-6-4-3-5-7-16/h3-11,17,23H,2,12-15H2,1H3,(H2,21,22,24). The number of aliphatic hydroxyl groups excluding tert-OH is 1. The van der Waals surface area contributed by atoms with Crippen LogP contribution in [0.2, 0.25) is 0 Å². The van der Waals surface area contributed by atoms with Gasteiger partial charge < -0.3 is 20.5 Å². The van der Waals surface area contributed by atoms with Crippen LogP contribution in [0.1, 0.15) is 31.2 Å². The molecule has 25 heavy (non-hydrogen) atoms. The number of ether oxygens (including phenoxy) is 1. The summed E-state index contributed by atoms with van der Waals surface area (Å²) >= 11 is 0. The van der Waals surface area contributed by atoms with E-state index in [1.54, 1.807) is 0 Å². The van der Waals surface area contributed by atoms with Gasteiger partial charge in [0.1, 0.15) is 5.75 Å². The first kappa shape index (κ1) is 18.8. The van der Waals surface area contributed by atoms with Crippen molar-refractivity contribution in [2.75, 3.05) is 25.1 Å². The molecule has 2 aromatic rings. The molecule has 2 amide bonds. The second-order valence-electron chi connectivity index (χ2n) is 5.75. The Morgan fingerprint density at radius 3 is 2.44 bits per heavy atom. The van der Waals surface area contributed by atoms with Crippen molar-refractivity contribution in [2.45, 2.75) is 25.7 Å². The first-order chi connectivity index (χ1) is 12.2. The minimum atomic E-state index is -0.236. The third kappa shape index (κ3) is 6.47. The summed E-state index contributed by atoms with van der Waals surface area (Å²) in [6, 6.07) is 17.1. The number of hydrogen-bond acceptors (Lipinski definition) is 3. The Hall–Kier alpha value is -2.53. The SMILES string of the molecule is CCOc1ccc(NC(=O)NCCC(CCO)c2ccccc2)cc1. The van der Waals surface area contributed by atoms with Crippen molar-refractivity contribution >= 4 is 11.7 Å². The van der Waals surface area contributed by atoms with Crippen molar-refractivity contribution < 1.29 is 14.6 Å². The zero-order chi connectivity index (χ0) is 17.9. The van der Waals surface area contributed by atoms with E-state index in [1.165, 1.54) is 5.56 Å². The van der Waals surface area contributed by atoms with Crippen LogP contribution in [-0.2, 0) is 0 Å². The van der Waals surface area contributed by atoms with Gasteiger partial charge in [-0.1, -0.05) is 30.3 Å². The predicted octanol–water partition coefficient (Wildman–Crippen LogP) is 3.76. The number of carbonyl (C=O) groups excluding carboxylic acids is 1. The maximum absolute atomic E-state index is 12.0. The van der Waals surface area contributed by atoms with Gasteiger partial charge in [-0.3, -0.25) is 0 Å². The molecule has 0 saturated carbocycles. The Kier molecular flexibility index (Phi) is 7.79. The highest BCUT2D eigenvalue weighted by atomic mass is 16.5. The third-order valence-electron chi connectivity index (χ3n) is 3.95. The van der Waals surface area contributed by atoms with E-state index < -0.39 is 0 Å². The molecule has 5 heteroatoms. The van der Waals surface area contributed by atoms with Gasteiger partial charge in [0.2, 0.25) is 0 Å². The maximum Gasteiger partial charge on any atom is 0.319 e. The summed E-state index contributed by atoms with van der Waals surface area (Å²) in [4.78, 5) is 12.0. The van der Waals surface area contributed by atoms with Crippen LogP contribution in [-0.4, -0.2) is 30.9 Å². The minimum Gasteiger partial charge on any atom is -0.494 e. The second kappa shape index (κ2) is 10.4. The molecular formula is C20H26N2O3. The fourth-order valence-electron chi connectivity index (χ4n) is 2.70. The molecule has 0 aliphatic heterocycles. The number of aliphatic hydroxyl groups is 1. The fraction of sp³-hybridized carbons (Fsp3) is 0.350. The zero-order valence-electron chi connectivity index (χ0n) is 14.6. The summed E-state index contributed by atoms with van der Waals surface area (Å²) in [6.45, 7) is 3.23. The zero-order valence-corrected chi connectivity index (χ0v) is 14.6. The van der Waals surface area contributed by atoms with Gasteiger partial charge in [-0.2, -0.15) is 0 Å². The number of hydrogen-bond donors (Lipinski definition) is 3. The van der Waals surface area contributed by atoms with Gasteiger partial charge in [-0.15, -0.1) is 0 Å². The van der Waals surface area contributed by atoms with Crippen molar-refractivity contribution in [1.29, 1.82) is 0 Å². The molecule has 2 aromatic carbocycles. The Labute approximate surface area is 149 Å². The second-order valence-corrected chi connectivity index (χ2v) is 5.75. The van der Waals surface area contributed by atoms with Crippen LogP contribution in [0.4, 0.5) is 10.5 Å². The van der Waals surface area contributed by atoms with Crippen molar-refractivity contribution in [3.63, 3.8) is 0 Å². The van der Waals surface area contributed by atoms with Gasteiger partial charge in [0.25, 0.3) is 0 Å². The molecule has 3 N–H and O–H groups in total. The average molecular weight is 342 g/mol. The lowest BCUT2D eigenvalue weighted by Crippen LogP contribution is -2.30. The predicted molar refractivity (Wildman–Crippen MR) is 100 cm³/mol. The highest BCUT2D eigenvalue weighted by Crippen LogP contribution is 2.22. The molecule has 2 rings (SSSR count). The monoisotopic (exact) mass is 342 g/mol. The van der Waals surface area contributed by atoms with Crippen molar-refractivity contribution in [1.82, 2.24) is 5.32 Å². The number of nitrogens with one attached hydrogen (secondary N) is 2. The van der Waals surface area contributed by atoms with E-state index in [4.69, 9.17) is 4.74 Å². The molecule has 0 aliphatic rings. The van der Waals surface area contributed by atoms with Crippen LogP contribution in [0.15, 0.2) is 54.6 Å². The average Bonchev–Trinajstić information content (AvgIpc) is 2.63. The van der Waals surface area contributed by atoms with Gasteiger partial charge in [-0.25, -0.2) is 4.79 Å². The van der Waals surface area contributed by atoms with E-state index in [0.29, 0.717) is 19.6 Å². The van der Waals surface area contributed by atoms with Gasteiger partial charge in [-0.05, 0) is 55.5 Å². The summed E-state index contributed by atoms with van der Waals surface area (Å²) in [5, 5.41) is 14.9. The van der Waals surface area contributed by atoms with Crippen molar-refractivity contribution in [2.24, 2.45) is 0 Å². The highest BCUT2D eigenvalue weighted by molar-refractivity contribution is 5.89. The normalized spacial score (nSPS) is 11.6. The molecule has 134 valence electrons. The van der Waals surface area contributed by atoms with E-state index >= 15 is 0 Å². The van der Waals surface area contributed by atoms with E-state index in [1.807, 2.05) is 49.4 Å². The van der Waals surface area contributed by atoms with Gasteiger partial charge in [0, 0.05) is 18.8 Å². The molecular weight excluding hydrogens is 316 g/mol. The maximum atomic E-state index is 12.0. The van der Waals surface area contributed by atoms with Crippen molar-refractivity contribution in [3.05, 3.63) is 60.2 Å². The van der Waals surface area contributed by atoms with E-state index in [2.05, 4.69) is 22.8 Å². The number of anilines is 1. The molecule has 5 nitrogen and oxygen atoms in total. The molecule has 0 saturated heterocycles. The Bertz CT molecular complexity index is 629. The van der Waals surface area contributed by atoms with E-state index in [9.17, 15) is 9.90 Å². The number of benzene rings is 2. The molecule has 0 aliphatic carbocycles. The topological polar surface area (TPSA) is 70.6 Å². The number of carbonyl (C=O) groups is 1. The first-order valence-corrected chi connectivity index (χ1v) is 8.66. The van der Waals surface area contributed by atoms with Gasteiger partial charge in [0.15, 0.2) is 0 Å². The molecule has 0 heterocycles. The molecule has 0 fully saturated rings. The number of amides is 2. The molecule has 0 radical (unpaired) electrons. The van der Waals surface area contributed by atoms with Gasteiger partial charge in [0.05, 0.1) is 6.61 Å². The minimum absolute atomic E-state index is 0.137. The lowest BCUT2D eigenvalue weighted by atomic mass is 9.93. The lowest BCUT2D eigenvalue weighted by molar-refractivity contribution is 0.250. The summed E-state index contributed by atoms with van der Waals surface area (Å²) in [5.74, 6) is 1.01. The smallest absolute Gasteiger partial charge is 0.319 e. The third-order valence-corrected chi connectivity index (χ3v) is 3.95. The van der Waals surface area contributed by atoms with Crippen LogP contribution in [0.5, 0.6) is 5.75 Å². The summed E-state index contributed by atoms with van der Waals surface area (Å²) in [6.07, 6.45) is 1.47. The largest absolute Gasteiger partial charge is 0.494 e. The summed E-state index contributed by atoms with van der Waals surface area (Å²) < 4.78 is 5.37. The van der Waals surface area contributed by atoms with Crippen LogP contribution in [0.25, 0.3) is 0 Å². The summed E-state index contributed by atoms with van der Waals surface area (Å²) in [5.41, 5.74) is 1.90. The Morgan fingerprint density at radius 2 is 1.80 bits per heavy atom. The fourth-order valence-corrected chi connectivity index (χ4v) is 2.70. The van der Waals surface area contributed by atoms with Crippen molar-refractivity contribution in [3.8, 4) is 5.75 Å². The van der Waals surface area contributed by atoms with Crippen LogP contribution in [0.3, 0.4) is 0 Å². The molecule has 1 atom stereocenters. The van der Waals surface area contributed by atoms with Crippen LogP contribution >= 0.6 is 0 Å².